The number of nitrogens with zero attached hydrogens (tertiary/aromatic N) is 2. The summed E-state index contributed by atoms with van der Waals surface area (Å²) >= 11 is 3.44. The molecule has 1 aromatic carbocycles. The summed E-state index contributed by atoms with van der Waals surface area (Å²) in [5, 5.41) is 11.8. The lowest BCUT2D eigenvalue weighted by Crippen LogP contribution is -2.44. The maximum absolute atomic E-state index is 12.8. The Morgan fingerprint density at radius 1 is 1.48 bits per heavy atom. The average molecular weight is 355 g/mol. The van der Waals surface area contributed by atoms with Crippen LogP contribution in [0.25, 0.3) is 0 Å². The molecule has 114 valence electrons. The van der Waals surface area contributed by atoms with Gasteiger partial charge in [-0.1, -0.05) is 22.0 Å². The van der Waals surface area contributed by atoms with Crippen LogP contribution in [-0.2, 0) is 0 Å². The van der Waals surface area contributed by atoms with Gasteiger partial charge in [-0.2, -0.15) is 0 Å². The number of carbonyl (C=O) groups excluding carboxylic acids is 1. The third-order valence-corrected chi connectivity index (χ3v) is 4.45. The normalized spacial score (nSPS) is 18.6. The minimum Gasteiger partial charge on any atom is -0.336 e. The number of rotatable bonds is 4. The molecule has 0 spiro atoms. The van der Waals surface area contributed by atoms with Crippen molar-refractivity contribution in [2.45, 2.75) is 38.6 Å². The van der Waals surface area contributed by atoms with E-state index in [2.05, 4.69) is 15.9 Å². The minimum atomic E-state index is -0.456. The van der Waals surface area contributed by atoms with E-state index in [1.807, 2.05) is 11.8 Å². The van der Waals surface area contributed by atoms with Gasteiger partial charge in [0, 0.05) is 35.6 Å². The molecule has 0 aliphatic carbocycles. The molecule has 1 aromatic rings. The van der Waals surface area contributed by atoms with Gasteiger partial charge in [0.1, 0.15) is 0 Å². The fraction of sp³-hybridized carbons (Fsp3) is 0.533. The quantitative estimate of drug-likeness (QED) is 0.470. The van der Waals surface area contributed by atoms with Crippen LogP contribution < -0.4 is 0 Å². The van der Waals surface area contributed by atoms with E-state index < -0.39 is 4.92 Å². The molecule has 1 fully saturated rings. The molecule has 0 bridgehead atoms. The van der Waals surface area contributed by atoms with Crippen molar-refractivity contribution in [1.82, 2.24) is 4.90 Å². The summed E-state index contributed by atoms with van der Waals surface area (Å²) < 4.78 is 0. The second-order valence-corrected chi connectivity index (χ2v) is 6.18. The van der Waals surface area contributed by atoms with Gasteiger partial charge >= 0.3 is 0 Å². The molecular formula is C15H19BrN2O3. The zero-order chi connectivity index (χ0) is 15.4. The van der Waals surface area contributed by atoms with Gasteiger partial charge in [0.05, 0.1) is 4.92 Å². The van der Waals surface area contributed by atoms with Crippen molar-refractivity contribution in [3.8, 4) is 0 Å². The number of halogens is 1. The summed E-state index contributed by atoms with van der Waals surface area (Å²) in [4.78, 5) is 25.1. The smallest absolute Gasteiger partial charge is 0.270 e. The van der Waals surface area contributed by atoms with Gasteiger partial charge in [0.25, 0.3) is 11.6 Å². The number of likely N-dealkylation sites (tertiary alicyclic amines) is 1. The first-order valence-corrected chi connectivity index (χ1v) is 8.28. The Bertz CT molecular complexity index is 546. The first-order chi connectivity index (χ1) is 10.0. The molecule has 0 aromatic heterocycles. The molecule has 5 nitrogen and oxygen atoms in total. The molecule has 1 heterocycles. The number of benzene rings is 1. The molecule has 1 unspecified atom stereocenters. The number of nitro groups is 1. The number of alkyl halides is 1. The minimum absolute atomic E-state index is 0.0296. The van der Waals surface area contributed by atoms with Crippen LogP contribution in [0.1, 0.15) is 41.6 Å². The van der Waals surface area contributed by atoms with Crippen molar-refractivity contribution in [1.29, 1.82) is 0 Å². The van der Waals surface area contributed by atoms with Crippen LogP contribution >= 0.6 is 15.9 Å². The molecule has 1 saturated heterocycles. The maximum Gasteiger partial charge on any atom is 0.270 e. The average Bonchev–Trinajstić information content (AvgIpc) is 2.47. The Morgan fingerprint density at radius 3 is 2.90 bits per heavy atom. The molecular weight excluding hydrogens is 336 g/mol. The van der Waals surface area contributed by atoms with Crippen LogP contribution in [0.3, 0.4) is 0 Å². The van der Waals surface area contributed by atoms with E-state index in [-0.39, 0.29) is 17.6 Å². The lowest BCUT2D eigenvalue weighted by atomic mass is 9.97. The Balaban J connectivity index is 2.29. The summed E-state index contributed by atoms with van der Waals surface area (Å²) in [6.45, 7) is 2.55. The first-order valence-electron chi connectivity index (χ1n) is 7.16. The molecule has 2 rings (SSSR count). The monoisotopic (exact) mass is 354 g/mol. The number of piperidine rings is 1. The predicted octanol–water partition coefficient (Wildman–Crippen LogP) is 3.68. The molecule has 0 radical (unpaired) electrons. The van der Waals surface area contributed by atoms with Crippen LogP contribution in [0, 0.1) is 17.0 Å². The van der Waals surface area contributed by atoms with Gasteiger partial charge in [0.15, 0.2) is 0 Å². The number of aryl methyl sites for hydroxylation is 1. The van der Waals surface area contributed by atoms with E-state index in [9.17, 15) is 14.9 Å². The molecule has 1 aliphatic rings. The van der Waals surface area contributed by atoms with E-state index in [0.29, 0.717) is 5.56 Å². The summed E-state index contributed by atoms with van der Waals surface area (Å²) in [5.74, 6) is -0.0816. The molecule has 6 heteroatoms. The van der Waals surface area contributed by atoms with E-state index in [1.54, 1.807) is 6.07 Å². The van der Waals surface area contributed by atoms with Crippen molar-refractivity contribution in [2.24, 2.45) is 0 Å². The Hall–Kier alpha value is -1.43. The predicted molar refractivity (Wildman–Crippen MR) is 84.9 cm³/mol. The number of carbonyl (C=O) groups is 1. The maximum atomic E-state index is 12.8. The van der Waals surface area contributed by atoms with Gasteiger partial charge in [0.2, 0.25) is 0 Å². The summed E-state index contributed by atoms with van der Waals surface area (Å²) in [7, 11) is 0. The second kappa shape index (κ2) is 7.02. The number of hydrogen-bond acceptors (Lipinski definition) is 3. The Kier molecular flexibility index (Phi) is 5.33. The first kappa shape index (κ1) is 15.9. The Morgan fingerprint density at radius 2 is 2.24 bits per heavy atom. The van der Waals surface area contributed by atoms with E-state index in [1.165, 1.54) is 12.1 Å². The van der Waals surface area contributed by atoms with Crippen LogP contribution in [0.4, 0.5) is 5.69 Å². The van der Waals surface area contributed by atoms with E-state index >= 15 is 0 Å². The van der Waals surface area contributed by atoms with Crippen LogP contribution in [0.2, 0.25) is 0 Å². The lowest BCUT2D eigenvalue weighted by molar-refractivity contribution is -0.384. The van der Waals surface area contributed by atoms with Crippen molar-refractivity contribution in [2.75, 3.05) is 11.9 Å². The highest BCUT2D eigenvalue weighted by Crippen LogP contribution is 2.25. The van der Waals surface area contributed by atoms with Gasteiger partial charge in [-0.25, -0.2) is 0 Å². The standard InChI is InChI=1S/C15H19BrN2O3/c1-11-5-6-13(18(20)21)10-14(11)15(19)17-9-3-2-4-12(17)7-8-16/h5-6,10,12H,2-4,7-9H2,1H3. The molecule has 0 N–H and O–H groups in total. The number of hydrogen-bond donors (Lipinski definition) is 0. The zero-order valence-corrected chi connectivity index (χ0v) is 13.6. The third kappa shape index (κ3) is 3.61. The Labute approximate surface area is 132 Å². The summed E-state index contributed by atoms with van der Waals surface area (Å²) in [5.41, 5.74) is 1.21. The second-order valence-electron chi connectivity index (χ2n) is 5.38. The highest BCUT2D eigenvalue weighted by Gasteiger charge is 2.28. The number of non-ortho nitro benzene ring substituents is 1. The molecule has 1 aliphatic heterocycles. The van der Waals surface area contributed by atoms with Crippen molar-refractivity contribution < 1.29 is 9.72 Å². The topological polar surface area (TPSA) is 63.5 Å². The van der Waals surface area contributed by atoms with Crippen molar-refractivity contribution in [3.63, 3.8) is 0 Å². The van der Waals surface area contributed by atoms with Crippen LogP contribution in [0.15, 0.2) is 18.2 Å². The highest BCUT2D eigenvalue weighted by atomic mass is 79.9. The lowest BCUT2D eigenvalue weighted by Gasteiger charge is -2.36. The van der Waals surface area contributed by atoms with E-state index in [0.717, 1.165) is 43.1 Å². The van der Waals surface area contributed by atoms with Crippen LogP contribution in [-0.4, -0.2) is 33.6 Å². The molecule has 0 saturated carbocycles. The van der Waals surface area contributed by atoms with E-state index in [4.69, 9.17) is 0 Å². The van der Waals surface area contributed by atoms with Gasteiger partial charge in [-0.3, -0.25) is 14.9 Å². The fourth-order valence-electron chi connectivity index (χ4n) is 2.80. The van der Waals surface area contributed by atoms with Gasteiger partial charge < -0.3 is 4.90 Å². The largest absolute Gasteiger partial charge is 0.336 e. The summed E-state index contributed by atoms with van der Waals surface area (Å²) in [6, 6.07) is 4.72. The van der Waals surface area contributed by atoms with Gasteiger partial charge in [-0.05, 0) is 38.2 Å². The zero-order valence-electron chi connectivity index (χ0n) is 12.0. The number of nitro benzene ring substituents is 1. The SMILES string of the molecule is Cc1ccc([N+](=O)[O-])cc1C(=O)N1CCCCC1CCBr. The number of amides is 1. The van der Waals surface area contributed by atoms with Crippen molar-refractivity contribution >= 4 is 27.5 Å². The molecule has 21 heavy (non-hydrogen) atoms. The third-order valence-electron chi connectivity index (χ3n) is 3.99. The summed E-state index contributed by atoms with van der Waals surface area (Å²) in [6.07, 6.45) is 4.05. The highest BCUT2D eigenvalue weighted by molar-refractivity contribution is 9.09. The van der Waals surface area contributed by atoms with Crippen molar-refractivity contribution in [3.05, 3.63) is 39.4 Å². The molecule has 1 atom stereocenters. The van der Waals surface area contributed by atoms with Crippen LogP contribution in [0.5, 0.6) is 0 Å². The fourth-order valence-corrected chi connectivity index (χ4v) is 3.33. The van der Waals surface area contributed by atoms with Gasteiger partial charge in [-0.15, -0.1) is 0 Å². The molecule has 1 amide bonds.